The minimum atomic E-state index is -0.496. The van der Waals surface area contributed by atoms with Crippen LogP contribution in [0.25, 0.3) is 0 Å². The van der Waals surface area contributed by atoms with Crippen molar-refractivity contribution < 1.29 is 14.3 Å². The second kappa shape index (κ2) is 8.04. The summed E-state index contributed by atoms with van der Waals surface area (Å²) in [4.78, 5) is 23.4. The molecule has 0 saturated carbocycles. The lowest BCUT2D eigenvalue weighted by Gasteiger charge is -2.14. The third kappa shape index (κ3) is 5.35. The number of ketones is 1. The quantitative estimate of drug-likeness (QED) is 0.704. The largest absolute Gasteiger partial charge is 0.450 e. The molecule has 0 aliphatic heterocycles. The fourth-order valence-corrected chi connectivity index (χ4v) is 1.86. The number of carbonyl (C=O) groups excluding carboxylic acids is 2. The molecule has 0 radical (unpaired) electrons. The molecule has 19 heavy (non-hydrogen) atoms. The zero-order valence-corrected chi connectivity index (χ0v) is 11.0. The number of carbonyl (C=O) groups is 2. The van der Waals surface area contributed by atoms with Crippen molar-refractivity contribution in [3.63, 3.8) is 0 Å². The Morgan fingerprint density at radius 1 is 1.32 bits per heavy atom. The molecule has 1 aromatic rings. The van der Waals surface area contributed by atoms with Crippen molar-refractivity contribution in [2.24, 2.45) is 5.92 Å². The van der Waals surface area contributed by atoms with E-state index in [1.165, 1.54) is 0 Å². The van der Waals surface area contributed by atoms with Gasteiger partial charge in [0.15, 0.2) is 6.61 Å². The third-order valence-electron chi connectivity index (χ3n) is 2.84. The van der Waals surface area contributed by atoms with E-state index in [2.05, 4.69) is 0 Å². The van der Waals surface area contributed by atoms with Gasteiger partial charge in [0.25, 0.3) is 0 Å². The van der Waals surface area contributed by atoms with E-state index in [9.17, 15) is 9.59 Å². The molecule has 0 N–H and O–H groups in total. The Balaban J connectivity index is 2.65. The van der Waals surface area contributed by atoms with Crippen LogP contribution >= 0.6 is 0 Å². The summed E-state index contributed by atoms with van der Waals surface area (Å²) in [5, 5.41) is 8.35. The van der Waals surface area contributed by atoms with Gasteiger partial charge in [-0.25, -0.2) is 0 Å². The van der Waals surface area contributed by atoms with E-state index >= 15 is 0 Å². The number of rotatable bonds is 7. The molecule has 0 aliphatic rings. The molecule has 0 heterocycles. The van der Waals surface area contributed by atoms with Gasteiger partial charge in [0.2, 0.25) is 0 Å². The van der Waals surface area contributed by atoms with Crippen LogP contribution in [0.2, 0.25) is 0 Å². The maximum atomic E-state index is 11.9. The van der Waals surface area contributed by atoms with Crippen molar-refractivity contribution in [3.05, 3.63) is 35.9 Å². The topological polar surface area (TPSA) is 67.2 Å². The molecule has 4 heteroatoms. The summed E-state index contributed by atoms with van der Waals surface area (Å²) in [6.07, 6.45) is 0.946. The molecular formula is C15H17NO3. The number of nitriles is 1. The summed E-state index contributed by atoms with van der Waals surface area (Å²) in [6.45, 7) is 1.51. The first-order valence-electron chi connectivity index (χ1n) is 6.26. The Bertz CT molecular complexity index is 462. The van der Waals surface area contributed by atoms with Crippen LogP contribution in [0.4, 0.5) is 0 Å². The fraction of sp³-hybridized carbons (Fsp3) is 0.400. The molecule has 0 spiro atoms. The van der Waals surface area contributed by atoms with Gasteiger partial charge >= 0.3 is 5.97 Å². The minimum absolute atomic E-state index is 0.0310. The number of ether oxygens (including phenoxy) is 1. The highest BCUT2D eigenvalue weighted by atomic mass is 16.5. The second-order valence-electron chi connectivity index (χ2n) is 4.23. The van der Waals surface area contributed by atoms with Gasteiger partial charge in [-0.15, -0.1) is 0 Å². The number of hydrogen-bond donors (Lipinski definition) is 0. The maximum absolute atomic E-state index is 11.9. The van der Waals surface area contributed by atoms with Gasteiger partial charge in [-0.05, 0) is 12.0 Å². The first kappa shape index (κ1) is 14.9. The van der Waals surface area contributed by atoms with Crippen LogP contribution in [0.5, 0.6) is 0 Å². The Labute approximate surface area is 113 Å². The lowest BCUT2D eigenvalue weighted by molar-refractivity contribution is -0.145. The summed E-state index contributed by atoms with van der Waals surface area (Å²) < 4.78 is 4.70. The predicted molar refractivity (Wildman–Crippen MR) is 70.1 cm³/mol. The molecule has 100 valence electrons. The van der Waals surface area contributed by atoms with Crippen molar-refractivity contribution >= 4 is 11.8 Å². The van der Waals surface area contributed by atoms with Crippen LogP contribution < -0.4 is 0 Å². The summed E-state index contributed by atoms with van der Waals surface area (Å²) in [7, 11) is 0. The minimum Gasteiger partial charge on any atom is -0.450 e. The van der Waals surface area contributed by atoms with E-state index in [4.69, 9.17) is 10.00 Å². The van der Waals surface area contributed by atoms with Gasteiger partial charge in [0.1, 0.15) is 11.9 Å². The van der Waals surface area contributed by atoms with E-state index in [-0.39, 0.29) is 24.7 Å². The van der Waals surface area contributed by atoms with Crippen molar-refractivity contribution in [2.45, 2.75) is 26.2 Å². The highest BCUT2D eigenvalue weighted by Crippen LogP contribution is 2.16. The molecule has 0 amide bonds. The van der Waals surface area contributed by atoms with Gasteiger partial charge in [-0.1, -0.05) is 37.3 Å². The highest BCUT2D eigenvalue weighted by molar-refractivity contribution is 5.85. The van der Waals surface area contributed by atoms with Crippen LogP contribution in [-0.4, -0.2) is 18.4 Å². The van der Waals surface area contributed by atoms with Gasteiger partial charge in [0, 0.05) is 12.3 Å². The van der Waals surface area contributed by atoms with Gasteiger partial charge in [0.05, 0.1) is 6.42 Å². The van der Waals surface area contributed by atoms with Gasteiger partial charge in [-0.2, -0.15) is 5.26 Å². The first-order chi connectivity index (χ1) is 9.17. The number of Topliss-reactive ketones (excluding diaryl/α,β-unsaturated/α-hetero) is 1. The van der Waals surface area contributed by atoms with Crippen molar-refractivity contribution in [1.82, 2.24) is 0 Å². The third-order valence-corrected chi connectivity index (χ3v) is 2.84. The van der Waals surface area contributed by atoms with Crippen molar-refractivity contribution in [1.29, 1.82) is 5.26 Å². The Morgan fingerprint density at radius 2 is 2.00 bits per heavy atom. The summed E-state index contributed by atoms with van der Waals surface area (Å²) in [5.41, 5.74) is 1.02. The number of hydrogen-bond acceptors (Lipinski definition) is 4. The predicted octanol–water partition coefficient (Wildman–Crippen LogP) is 2.28. The van der Waals surface area contributed by atoms with Crippen molar-refractivity contribution in [2.75, 3.05) is 6.61 Å². The Morgan fingerprint density at radius 3 is 2.58 bits per heavy atom. The smallest absolute Gasteiger partial charge is 0.307 e. The summed E-state index contributed by atoms with van der Waals surface area (Å²) in [6, 6.07) is 11.3. The molecule has 0 unspecified atom stereocenters. The van der Waals surface area contributed by atoms with Crippen LogP contribution in [0.1, 0.15) is 25.3 Å². The van der Waals surface area contributed by atoms with Gasteiger partial charge < -0.3 is 4.74 Å². The molecular weight excluding hydrogens is 242 g/mol. The van der Waals surface area contributed by atoms with Crippen LogP contribution in [-0.2, 0) is 20.7 Å². The lowest BCUT2D eigenvalue weighted by atomic mass is 9.91. The molecule has 0 fully saturated rings. The average molecular weight is 259 g/mol. The second-order valence-corrected chi connectivity index (χ2v) is 4.23. The van der Waals surface area contributed by atoms with Crippen LogP contribution in [0, 0.1) is 17.2 Å². The average Bonchev–Trinajstić information content (AvgIpc) is 2.44. The highest BCUT2D eigenvalue weighted by Gasteiger charge is 2.21. The molecule has 0 aromatic heterocycles. The Hall–Kier alpha value is -2.15. The zero-order valence-electron chi connectivity index (χ0n) is 11.0. The van der Waals surface area contributed by atoms with Crippen molar-refractivity contribution in [3.8, 4) is 6.07 Å². The van der Waals surface area contributed by atoms with Crippen LogP contribution in [0.3, 0.4) is 0 Å². The first-order valence-corrected chi connectivity index (χ1v) is 6.26. The SMILES string of the molecule is CCC(=O)[C@H](CC(=O)OCC#N)Cc1ccccc1. The molecule has 1 atom stereocenters. The molecule has 4 nitrogen and oxygen atoms in total. The normalized spacial score (nSPS) is 11.4. The zero-order chi connectivity index (χ0) is 14.1. The van der Waals surface area contributed by atoms with E-state index in [0.717, 1.165) is 5.56 Å². The number of benzene rings is 1. The molecule has 0 aliphatic carbocycles. The molecule has 0 saturated heterocycles. The molecule has 1 rings (SSSR count). The monoisotopic (exact) mass is 259 g/mol. The van der Waals surface area contributed by atoms with Gasteiger partial charge in [-0.3, -0.25) is 9.59 Å². The summed E-state index contributed by atoms with van der Waals surface area (Å²) >= 11 is 0. The van der Waals surface area contributed by atoms with Crippen LogP contribution in [0.15, 0.2) is 30.3 Å². The van der Waals surface area contributed by atoms with E-state index in [0.29, 0.717) is 12.8 Å². The Kier molecular flexibility index (Phi) is 6.31. The van der Waals surface area contributed by atoms with E-state index in [1.807, 2.05) is 30.3 Å². The van der Waals surface area contributed by atoms with E-state index in [1.54, 1.807) is 13.0 Å². The fourth-order valence-electron chi connectivity index (χ4n) is 1.86. The number of nitrogens with zero attached hydrogens (tertiary/aromatic N) is 1. The molecule has 0 bridgehead atoms. The molecule has 1 aromatic carbocycles. The lowest BCUT2D eigenvalue weighted by Crippen LogP contribution is -2.21. The summed E-state index contributed by atoms with van der Waals surface area (Å²) in [5.74, 6) is -0.833. The number of esters is 1. The maximum Gasteiger partial charge on any atom is 0.307 e. The standard InChI is InChI=1S/C15H17NO3/c1-2-14(17)13(11-15(18)19-9-8-16)10-12-6-4-3-5-7-12/h3-7,13H,2,9-11H2,1H3/t13-/m0/s1. The van der Waals surface area contributed by atoms with E-state index < -0.39 is 5.97 Å².